The lowest BCUT2D eigenvalue weighted by atomic mass is 10.1. The molecule has 1 aromatic heterocycles. The first-order valence-corrected chi connectivity index (χ1v) is 7.61. The van der Waals surface area contributed by atoms with Crippen LogP contribution in [-0.2, 0) is 4.79 Å². The van der Waals surface area contributed by atoms with Gasteiger partial charge in [-0.3, -0.25) is 9.59 Å². The van der Waals surface area contributed by atoms with Crippen LogP contribution in [-0.4, -0.2) is 59.5 Å². The van der Waals surface area contributed by atoms with E-state index < -0.39 is 6.61 Å². The Morgan fingerprint density at radius 1 is 1.04 bits per heavy atom. The number of piperazine rings is 1. The van der Waals surface area contributed by atoms with E-state index in [-0.39, 0.29) is 23.4 Å². The van der Waals surface area contributed by atoms with Crippen LogP contribution < -0.4 is 0 Å². The Hall–Kier alpha value is -2.67. The van der Waals surface area contributed by atoms with Gasteiger partial charge in [-0.2, -0.15) is 0 Å². The van der Waals surface area contributed by atoms with Crippen molar-refractivity contribution in [2.75, 3.05) is 32.8 Å². The number of halogens is 1. The van der Waals surface area contributed by atoms with Gasteiger partial charge < -0.3 is 19.3 Å². The summed E-state index contributed by atoms with van der Waals surface area (Å²) in [5, 5.41) is 8.88. The first kappa shape index (κ1) is 16.2. The van der Waals surface area contributed by atoms with E-state index in [0.717, 1.165) is 0 Å². The van der Waals surface area contributed by atoms with Crippen LogP contribution in [0.4, 0.5) is 4.39 Å². The number of hydrogen-bond donors (Lipinski definition) is 1. The zero-order valence-electron chi connectivity index (χ0n) is 12.9. The fraction of sp³-hybridized carbons (Fsp3) is 0.294. The van der Waals surface area contributed by atoms with Crippen LogP contribution in [0.5, 0.6) is 0 Å². The molecule has 1 aliphatic rings. The van der Waals surface area contributed by atoms with Crippen molar-refractivity contribution in [3.05, 3.63) is 48.2 Å². The summed E-state index contributed by atoms with van der Waals surface area (Å²) in [7, 11) is 0. The molecule has 1 N–H and O–H groups in total. The lowest BCUT2D eigenvalue weighted by Crippen LogP contribution is -2.51. The third-order valence-electron chi connectivity index (χ3n) is 4.07. The molecule has 3 rings (SSSR count). The number of furan rings is 1. The quantitative estimate of drug-likeness (QED) is 0.921. The largest absolute Gasteiger partial charge is 0.459 e. The number of rotatable bonds is 3. The maximum atomic E-state index is 13.1. The second-order valence-corrected chi connectivity index (χ2v) is 5.50. The van der Waals surface area contributed by atoms with Gasteiger partial charge in [0.1, 0.15) is 12.4 Å². The summed E-state index contributed by atoms with van der Waals surface area (Å²) in [5.74, 6) is -0.758. The third kappa shape index (κ3) is 3.16. The van der Waals surface area contributed by atoms with E-state index in [9.17, 15) is 14.0 Å². The number of aliphatic hydroxyl groups is 1. The van der Waals surface area contributed by atoms with Gasteiger partial charge in [-0.05, 0) is 23.8 Å². The van der Waals surface area contributed by atoms with E-state index in [4.69, 9.17) is 9.52 Å². The van der Waals surface area contributed by atoms with Crippen molar-refractivity contribution in [1.29, 1.82) is 0 Å². The highest BCUT2D eigenvalue weighted by Crippen LogP contribution is 2.26. The van der Waals surface area contributed by atoms with Crippen LogP contribution in [0.15, 0.2) is 41.0 Å². The Balaban J connectivity index is 1.74. The molecule has 1 aliphatic heterocycles. The van der Waals surface area contributed by atoms with Crippen molar-refractivity contribution in [3.63, 3.8) is 0 Å². The average molecular weight is 332 g/mol. The predicted molar refractivity (Wildman–Crippen MR) is 83.7 cm³/mol. The van der Waals surface area contributed by atoms with Crippen LogP contribution in [0.1, 0.15) is 10.6 Å². The number of carbonyl (C=O) groups excluding carboxylic acids is 2. The molecular formula is C17H17FN2O4. The second-order valence-electron chi connectivity index (χ2n) is 5.50. The molecule has 0 saturated carbocycles. The number of benzene rings is 1. The van der Waals surface area contributed by atoms with Gasteiger partial charge in [0.15, 0.2) is 5.76 Å². The Morgan fingerprint density at radius 3 is 2.29 bits per heavy atom. The molecule has 0 bridgehead atoms. The summed E-state index contributed by atoms with van der Waals surface area (Å²) in [6, 6.07) is 7.52. The third-order valence-corrected chi connectivity index (χ3v) is 4.07. The molecule has 0 unspecified atom stereocenters. The summed E-state index contributed by atoms with van der Waals surface area (Å²) < 4.78 is 18.4. The summed E-state index contributed by atoms with van der Waals surface area (Å²) in [5.41, 5.74) is 1.30. The van der Waals surface area contributed by atoms with Gasteiger partial charge in [0.05, 0.1) is 6.26 Å². The van der Waals surface area contributed by atoms with Crippen LogP contribution in [0.25, 0.3) is 11.1 Å². The molecule has 24 heavy (non-hydrogen) atoms. The lowest BCUT2D eigenvalue weighted by Gasteiger charge is -2.34. The maximum absolute atomic E-state index is 13.1. The van der Waals surface area contributed by atoms with E-state index in [1.54, 1.807) is 23.1 Å². The molecule has 0 aliphatic carbocycles. The molecular weight excluding hydrogens is 315 g/mol. The van der Waals surface area contributed by atoms with E-state index in [1.165, 1.54) is 23.3 Å². The smallest absolute Gasteiger partial charge is 0.290 e. The van der Waals surface area contributed by atoms with Crippen molar-refractivity contribution in [1.82, 2.24) is 9.80 Å². The van der Waals surface area contributed by atoms with Gasteiger partial charge in [-0.1, -0.05) is 12.1 Å². The van der Waals surface area contributed by atoms with Crippen molar-refractivity contribution >= 4 is 11.8 Å². The molecule has 2 aromatic rings. The number of carbonyl (C=O) groups is 2. The second kappa shape index (κ2) is 6.84. The Kier molecular flexibility index (Phi) is 4.61. The van der Waals surface area contributed by atoms with Gasteiger partial charge in [-0.15, -0.1) is 0 Å². The molecule has 0 atom stereocenters. The SMILES string of the molecule is O=C(CO)N1CCN(C(=O)c2occc2-c2ccc(F)cc2)CC1. The molecule has 6 nitrogen and oxygen atoms in total. The van der Waals surface area contributed by atoms with E-state index >= 15 is 0 Å². The minimum Gasteiger partial charge on any atom is -0.459 e. The molecule has 1 fully saturated rings. The van der Waals surface area contributed by atoms with Gasteiger partial charge in [0.25, 0.3) is 5.91 Å². The Labute approximate surface area is 138 Å². The van der Waals surface area contributed by atoms with E-state index in [1.807, 2.05) is 0 Å². The summed E-state index contributed by atoms with van der Waals surface area (Å²) in [6.45, 7) is 0.957. The standard InChI is InChI=1S/C17H17FN2O4/c18-13-3-1-12(2-4-13)14-5-10-24-16(14)17(23)20-8-6-19(7-9-20)15(22)11-21/h1-5,10,21H,6-9,11H2. The first-order valence-electron chi connectivity index (χ1n) is 7.61. The van der Waals surface area contributed by atoms with E-state index in [0.29, 0.717) is 37.3 Å². The van der Waals surface area contributed by atoms with Crippen molar-refractivity contribution in [3.8, 4) is 11.1 Å². The first-order chi connectivity index (χ1) is 11.6. The highest BCUT2D eigenvalue weighted by molar-refractivity contribution is 5.98. The molecule has 7 heteroatoms. The molecule has 1 saturated heterocycles. The normalized spacial score (nSPS) is 14.8. The monoisotopic (exact) mass is 332 g/mol. The van der Waals surface area contributed by atoms with E-state index in [2.05, 4.69) is 0 Å². The Morgan fingerprint density at radius 2 is 1.67 bits per heavy atom. The van der Waals surface area contributed by atoms with Crippen LogP contribution in [0, 0.1) is 5.82 Å². The molecule has 126 valence electrons. The number of aliphatic hydroxyl groups excluding tert-OH is 1. The fourth-order valence-corrected chi connectivity index (χ4v) is 2.73. The average Bonchev–Trinajstić information content (AvgIpc) is 3.11. The molecule has 0 radical (unpaired) electrons. The lowest BCUT2D eigenvalue weighted by molar-refractivity contribution is -0.135. The molecule has 0 spiro atoms. The van der Waals surface area contributed by atoms with Gasteiger partial charge in [-0.25, -0.2) is 4.39 Å². The minimum atomic E-state index is -0.527. The topological polar surface area (TPSA) is 74.0 Å². The van der Waals surface area contributed by atoms with Gasteiger partial charge >= 0.3 is 0 Å². The highest BCUT2D eigenvalue weighted by atomic mass is 19.1. The van der Waals surface area contributed by atoms with Crippen LogP contribution in [0.3, 0.4) is 0 Å². The minimum absolute atomic E-state index is 0.198. The van der Waals surface area contributed by atoms with Crippen molar-refractivity contribution in [2.24, 2.45) is 0 Å². The Bertz CT molecular complexity index is 733. The highest BCUT2D eigenvalue weighted by Gasteiger charge is 2.27. The number of hydrogen-bond acceptors (Lipinski definition) is 4. The zero-order chi connectivity index (χ0) is 17.1. The zero-order valence-corrected chi connectivity index (χ0v) is 12.9. The molecule has 2 amide bonds. The summed E-state index contributed by atoms with van der Waals surface area (Å²) in [6.07, 6.45) is 1.43. The van der Waals surface area contributed by atoms with Crippen molar-refractivity contribution in [2.45, 2.75) is 0 Å². The molecule has 1 aromatic carbocycles. The van der Waals surface area contributed by atoms with Gasteiger partial charge in [0.2, 0.25) is 5.91 Å². The van der Waals surface area contributed by atoms with Crippen LogP contribution >= 0.6 is 0 Å². The fourth-order valence-electron chi connectivity index (χ4n) is 2.73. The molecule has 2 heterocycles. The van der Waals surface area contributed by atoms with Crippen molar-refractivity contribution < 1.29 is 23.5 Å². The maximum Gasteiger partial charge on any atom is 0.290 e. The summed E-state index contributed by atoms with van der Waals surface area (Å²) >= 11 is 0. The number of amides is 2. The van der Waals surface area contributed by atoms with Crippen LogP contribution in [0.2, 0.25) is 0 Å². The summed E-state index contributed by atoms with van der Waals surface area (Å²) in [4.78, 5) is 27.3. The number of nitrogens with zero attached hydrogens (tertiary/aromatic N) is 2. The predicted octanol–water partition coefficient (Wildman–Crippen LogP) is 1.36. The van der Waals surface area contributed by atoms with Gasteiger partial charge in [0, 0.05) is 31.7 Å².